The van der Waals surface area contributed by atoms with Crippen molar-refractivity contribution >= 4 is 63.7 Å². The first-order valence-corrected chi connectivity index (χ1v) is 9.50. The fourth-order valence-electron chi connectivity index (χ4n) is 3.39. The van der Waals surface area contributed by atoms with Gasteiger partial charge in [0.05, 0.1) is 0 Å². The van der Waals surface area contributed by atoms with Crippen LogP contribution in [0.4, 0.5) is 0 Å². The van der Waals surface area contributed by atoms with Gasteiger partial charge in [-0.15, -0.1) is 0 Å². The summed E-state index contributed by atoms with van der Waals surface area (Å²) in [5.41, 5.74) is 0.924. The summed E-state index contributed by atoms with van der Waals surface area (Å²) in [7, 11) is 0. The van der Waals surface area contributed by atoms with Crippen molar-refractivity contribution < 1.29 is 0 Å². The van der Waals surface area contributed by atoms with E-state index in [1.807, 2.05) is 0 Å². The molecule has 0 amide bonds. The molecule has 16 heavy (non-hydrogen) atoms. The fourth-order valence-corrected chi connectivity index (χ4v) is 6.99. The molecule has 0 bridgehead atoms. The average Bonchev–Trinajstić information content (AvgIpc) is 2.12. The van der Waals surface area contributed by atoms with Crippen LogP contribution >= 0.6 is 63.7 Å². The predicted octanol–water partition coefficient (Wildman–Crippen LogP) is 5.64. The monoisotopic (exact) mass is 478 g/mol. The number of rotatable bonds is 0. The van der Waals surface area contributed by atoms with Crippen molar-refractivity contribution in [3.63, 3.8) is 0 Å². The Bertz CT molecular complexity index is 230. The van der Waals surface area contributed by atoms with Crippen LogP contribution in [-0.4, -0.2) is 19.3 Å². The molecule has 4 heteroatoms. The average molecular weight is 482 g/mol. The van der Waals surface area contributed by atoms with E-state index >= 15 is 0 Å². The van der Waals surface area contributed by atoms with E-state index in [0.717, 1.165) is 0 Å². The minimum absolute atomic E-state index is 0.462. The molecule has 4 atom stereocenters. The highest BCUT2D eigenvalue weighted by Crippen LogP contribution is 2.62. The lowest BCUT2D eigenvalue weighted by molar-refractivity contribution is -0.0127. The molecule has 2 aliphatic rings. The van der Waals surface area contributed by atoms with Crippen molar-refractivity contribution in [2.45, 2.75) is 58.8 Å². The normalized spacial score (nSPS) is 58.1. The van der Waals surface area contributed by atoms with Gasteiger partial charge in [-0.1, -0.05) is 77.6 Å². The maximum absolute atomic E-state index is 3.84. The van der Waals surface area contributed by atoms with Gasteiger partial charge in [0.15, 0.2) is 0 Å². The van der Waals surface area contributed by atoms with E-state index in [-0.39, 0.29) is 0 Å². The molecule has 0 aliphatic heterocycles. The highest BCUT2D eigenvalue weighted by Gasteiger charge is 2.55. The van der Waals surface area contributed by atoms with E-state index in [1.54, 1.807) is 0 Å². The molecule has 2 saturated carbocycles. The van der Waals surface area contributed by atoms with E-state index in [2.05, 4.69) is 77.6 Å². The number of hydrogen-bond acceptors (Lipinski definition) is 0. The molecular weight excluding hydrogens is 464 g/mol. The molecule has 0 radical (unpaired) electrons. The van der Waals surface area contributed by atoms with Crippen molar-refractivity contribution in [1.29, 1.82) is 0 Å². The second-order valence-electron chi connectivity index (χ2n) is 6.00. The fraction of sp³-hybridized carbons (Fsp3) is 1.00. The lowest BCUT2D eigenvalue weighted by atomic mass is 9.52. The Morgan fingerprint density at radius 3 is 1.00 bits per heavy atom. The third-order valence-corrected chi connectivity index (χ3v) is 10.1. The van der Waals surface area contributed by atoms with Crippen LogP contribution < -0.4 is 0 Å². The van der Waals surface area contributed by atoms with E-state index < -0.39 is 0 Å². The summed E-state index contributed by atoms with van der Waals surface area (Å²) < 4.78 is 0. The smallest absolute Gasteiger partial charge is 0.0276 e. The van der Waals surface area contributed by atoms with E-state index in [1.165, 1.54) is 25.7 Å². The van der Waals surface area contributed by atoms with Crippen molar-refractivity contribution in [3.05, 3.63) is 0 Å². The summed E-state index contributed by atoms with van der Waals surface area (Å²) in [6.07, 6.45) is 5.12. The second kappa shape index (κ2) is 4.79. The Labute approximate surface area is 132 Å². The molecule has 0 N–H and O–H groups in total. The topological polar surface area (TPSA) is 0 Å². The van der Waals surface area contributed by atoms with Crippen molar-refractivity contribution in [3.8, 4) is 0 Å². The minimum atomic E-state index is 0.462. The summed E-state index contributed by atoms with van der Waals surface area (Å²) in [5.74, 6) is 0. The standard InChI is InChI=1S/C12H18Br4/c1-11-3-7(13)9(15)5-12(11,2)6-10(16)8(14)4-11/h7-10H,3-6H2,1-2H3/t7-,8-,9+,10+,11?,12?. The molecule has 94 valence electrons. The highest BCUT2D eigenvalue weighted by molar-refractivity contribution is 9.12. The van der Waals surface area contributed by atoms with E-state index in [9.17, 15) is 0 Å². The number of alkyl halides is 4. The van der Waals surface area contributed by atoms with Gasteiger partial charge in [0, 0.05) is 19.3 Å². The van der Waals surface area contributed by atoms with Gasteiger partial charge in [0.2, 0.25) is 0 Å². The summed E-state index contributed by atoms with van der Waals surface area (Å²) in [4.78, 5) is 2.49. The van der Waals surface area contributed by atoms with E-state index in [0.29, 0.717) is 30.1 Å². The van der Waals surface area contributed by atoms with Crippen LogP contribution in [0.1, 0.15) is 39.5 Å². The summed E-state index contributed by atoms with van der Waals surface area (Å²) in [6, 6.07) is 0. The molecule has 0 aromatic carbocycles. The van der Waals surface area contributed by atoms with Gasteiger partial charge < -0.3 is 0 Å². The number of fused-ring (bicyclic) bond motifs is 1. The van der Waals surface area contributed by atoms with Crippen LogP contribution in [0.3, 0.4) is 0 Å². The molecule has 0 nitrogen and oxygen atoms in total. The van der Waals surface area contributed by atoms with Gasteiger partial charge in [-0.05, 0) is 36.5 Å². The minimum Gasteiger partial charge on any atom is -0.0878 e. The maximum Gasteiger partial charge on any atom is 0.0276 e. The molecule has 0 spiro atoms. The van der Waals surface area contributed by atoms with Crippen LogP contribution in [0.5, 0.6) is 0 Å². The number of hydrogen-bond donors (Lipinski definition) is 0. The largest absolute Gasteiger partial charge is 0.0878 e. The van der Waals surface area contributed by atoms with Gasteiger partial charge in [-0.3, -0.25) is 0 Å². The predicted molar refractivity (Wildman–Crippen MR) is 85.5 cm³/mol. The SMILES string of the molecule is CC12C[C@@H](Br)[C@@H](Br)CC1(C)C[C@H](Br)[C@H](Br)C2. The Morgan fingerprint density at radius 2 is 0.812 bits per heavy atom. The molecule has 0 aromatic rings. The van der Waals surface area contributed by atoms with Gasteiger partial charge in [-0.2, -0.15) is 0 Å². The third-order valence-electron chi connectivity index (χ3n) is 4.82. The molecule has 0 saturated heterocycles. The summed E-state index contributed by atoms with van der Waals surface area (Å²) in [5, 5.41) is 0. The lowest BCUT2D eigenvalue weighted by Crippen LogP contribution is -2.54. The second-order valence-corrected chi connectivity index (χ2v) is 10.7. The molecule has 2 fully saturated rings. The molecule has 0 heterocycles. The Hall–Kier alpha value is 1.92. The van der Waals surface area contributed by atoms with Gasteiger partial charge in [-0.25, -0.2) is 0 Å². The van der Waals surface area contributed by atoms with Crippen LogP contribution in [0.2, 0.25) is 0 Å². The highest BCUT2D eigenvalue weighted by atomic mass is 79.9. The summed E-state index contributed by atoms with van der Waals surface area (Å²) in [6.45, 7) is 4.96. The van der Waals surface area contributed by atoms with Gasteiger partial charge in [0.25, 0.3) is 0 Å². The van der Waals surface area contributed by atoms with Crippen LogP contribution in [-0.2, 0) is 0 Å². The summed E-state index contributed by atoms with van der Waals surface area (Å²) >= 11 is 15.3. The quantitative estimate of drug-likeness (QED) is 0.393. The maximum atomic E-state index is 3.84. The zero-order valence-electron chi connectivity index (χ0n) is 9.65. The first-order chi connectivity index (χ1) is 7.27. The number of halogens is 4. The molecule has 0 aromatic heterocycles. The van der Waals surface area contributed by atoms with Crippen LogP contribution in [0.25, 0.3) is 0 Å². The van der Waals surface area contributed by atoms with Crippen molar-refractivity contribution in [1.82, 2.24) is 0 Å². The van der Waals surface area contributed by atoms with Gasteiger partial charge in [0.1, 0.15) is 0 Å². The van der Waals surface area contributed by atoms with E-state index in [4.69, 9.17) is 0 Å². The molecule has 2 aliphatic carbocycles. The lowest BCUT2D eigenvalue weighted by Gasteiger charge is -2.58. The molecular formula is C12H18Br4. The van der Waals surface area contributed by atoms with Crippen molar-refractivity contribution in [2.24, 2.45) is 10.8 Å². The zero-order valence-corrected chi connectivity index (χ0v) is 16.0. The van der Waals surface area contributed by atoms with Gasteiger partial charge >= 0.3 is 0 Å². The Morgan fingerprint density at radius 1 is 0.625 bits per heavy atom. The third kappa shape index (κ3) is 2.34. The molecule has 0 unspecified atom stereocenters. The Kier molecular flexibility index (Phi) is 4.29. The molecule has 2 rings (SSSR count). The van der Waals surface area contributed by atoms with Crippen molar-refractivity contribution in [2.75, 3.05) is 0 Å². The Balaban J connectivity index is 2.27. The first kappa shape index (κ1) is 14.3. The zero-order chi connectivity index (χ0) is 12.1. The van der Waals surface area contributed by atoms with Crippen LogP contribution in [0, 0.1) is 10.8 Å². The first-order valence-electron chi connectivity index (χ1n) is 5.84. The van der Waals surface area contributed by atoms with Crippen LogP contribution in [0.15, 0.2) is 0 Å².